The molecule has 0 unspecified atom stereocenters. The van der Waals surface area contributed by atoms with E-state index in [1.807, 2.05) is 42.8 Å². The van der Waals surface area contributed by atoms with Crippen molar-refractivity contribution in [3.63, 3.8) is 0 Å². The van der Waals surface area contributed by atoms with Gasteiger partial charge in [0.25, 0.3) is 5.91 Å². The topological polar surface area (TPSA) is 134 Å². The Morgan fingerprint density at radius 3 is 2.43 bits per heavy atom. The molecule has 0 spiro atoms. The molecular formula is C28H28Cl3N3O6S2. The number of hydrogen-bond acceptors (Lipinski definition) is 6. The standard InChI is InChI=1S/C28H28Cl3N3O6S2/c1-17-14-18(2)26(31)25(15-17)40-12-5-7-21-20-6-3-4-8-24(20)33-27(21)28(35)34-41(36,37)13-11-32-42(38,39)19-9-10-22(29)23(30)16-19/h3-4,6,8-10,14-16,32-33H,5,7,11-13H2,1-2H3,(H,34,35). The lowest BCUT2D eigenvalue weighted by molar-refractivity contribution is 0.0976. The van der Waals surface area contributed by atoms with Crippen LogP contribution in [0.15, 0.2) is 59.5 Å². The Hall–Kier alpha value is -2.80. The van der Waals surface area contributed by atoms with Gasteiger partial charge in [0.1, 0.15) is 11.4 Å². The van der Waals surface area contributed by atoms with Crippen molar-refractivity contribution in [3.8, 4) is 5.75 Å². The van der Waals surface area contributed by atoms with Gasteiger partial charge in [-0.1, -0.05) is 59.1 Å². The van der Waals surface area contributed by atoms with E-state index in [4.69, 9.17) is 39.5 Å². The molecule has 0 aliphatic rings. The van der Waals surface area contributed by atoms with Crippen molar-refractivity contribution >= 4 is 71.7 Å². The smallest absolute Gasteiger partial charge is 0.281 e. The minimum atomic E-state index is -4.21. The van der Waals surface area contributed by atoms with Crippen LogP contribution in [0.5, 0.6) is 5.75 Å². The molecule has 42 heavy (non-hydrogen) atoms. The summed E-state index contributed by atoms with van der Waals surface area (Å²) >= 11 is 18.1. The van der Waals surface area contributed by atoms with Crippen LogP contribution in [0.25, 0.3) is 10.9 Å². The molecule has 0 aliphatic heterocycles. The molecule has 4 rings (SSSR count). The lowest BCUT2D eigenvalue weighted by Crippen LogP contribution is -2.37. The summed E-state index contributed by atoms with van der Waals surface area (Å²) in [5.74, 6) is -0.960. The summed E-state index contributed by atoms with van der Waals surface area (Å²) in [4.78, 5) is 16.0. The van der Waals surface area contributed by atoms with Crippen LogP contribution in [-0.2, 0) is 26.5 Å². The summed E-state index contributed by atoms with van der Waals surface area (Å²) in [6.07, 6.45) is 0.938. The Balaban J connectivity index is 1.41. The highest BCUT2D eigenvalue weighted by atomic mass is 35.5. The Labute approximate surface area is 259 Å². The normalized spacial score (nSPS) is 12.0. The molecule has 224 valence electrons. The third-order valence-electron chi connectivity index (χ3n) is 6.35. The molecule has 9 nitrogen and oxygen atoms in total. The van der Waals surface area contributed by atoms with Crippen LogP contribution in [0.1, 0.15) is 33.6 Å². The van der Waals surface area contributed by atoms with E-state index in [0.717, 1.165) is 22.6 Å². The highest BCUT2D eigenvalue weighted by Crippen LogP contribution is 2.30. The maximum atomic E-state index is 13.1. The molecule has 4 aromatic rings. The van der Waals surface area contributed by atoms with E-state index in [1.54, 1.807) is 12.1 Å². The first-order valence-corrected chi connectivity index (χ1v) is 17.0. The van der Waals surface area contributed by atoms with Gasteiger partial charge in [-0.05, 0) is 73.7 Å². The number of fused-ring (bicyclic) bond motifs is 1. The van der Waals surface area contributed by atoms with E-state index < -0.39 is 38.3 Å². The fourth-order valence-corrected chi connectivity index (χ4v) is 6.95. The molecule has 0 fully saturated rings. The molecule has 1 heterocycles. The van der Waals surface area contributed by atoms with Crippen molar-refractivity contribution in [2.45, 2.75) is 31.6 Å². The van der Waals surface area contributed by atoms with Crippen molar-refractivity contribution in [2.24, 2.45) is 0 Å². The number of hydrogen-bond donors (Lipinski definition) is 3. The second kappa shape index (κ2) is 13.2. The van der Waals surface area contributed by atoms with Gasteiger partial charge in [-0.3, -0.25) is 4.79 Å². The molecule has 0 saturated carbocycles. The van der Waals surface area contributed by atoms with E-state index in [1.165, 1.54) is 12.1 Å². The number of halogens is 3. The lowest BCUT2D eigenvalue weighted by Gasteiger charge is -2.12. The van der Waals surface area contributed by atoms with E-state index in [2.05, 4.69) is 9.71 Å². The number of rotatable bonds is 12. The maximum absolute atomic E-state index is 13.1. The van der Waals surface area contributed by atoms with E-state index in [9.17, 15) is 21.6 Å². The molecule has 14 heteroatoms. The molecule has 0 aliphatic carbocycles. The van der Waals surface area contributed by atoms with E-state index >= 15 is 0 Å². The van der Waals surface area contributed by atoms with Crippen LogP contribution in [0.2, 0.25) is 15.1 Å². The number of aromatic nitrogens is 1. The minimum absolute atomic E-state index is 0.0363. The van der Waals surface area contributed by atoms with Crippen LogP contribution in [0, 0.1) is 13.8 Å². The summed E-state index contributed by atoms with van der Waals surface area (Å²) < 4.78 is 60.6. The van der Waals surface area contributed by atoms with E-state index in [-0.39, 0.29) is 20.6 Å². The zero-order valence-corrected chi connectivity index (χ0v) is 26.5. The van der Waals surface area contributed by atoms with Gasteiger partial charge >= 0.3 is 0 Å². The van der Waals surface area contributed by atoms with Gasteiger partial charge in [-0.2, -0.15) is 0 Å². The Bertz CT molecular complexity index is 1860. The van der Waals surface area contributed by atoms with Crippen LogP contribution in [0.3, 0.4) is 0 Å². The van der Waals surface area contributed by atoms with Crippen molar-refractivity contribution in [2.75, 3.05) is 18.9 Å². The van der Waals surface area contributed by atoms with Gasteiger partial charge in [-0.25, -0.2) is 26.3 Å². The van der Waals surface area contributed by atoms with Crippen LogP contribution >= 0.6 is 34.8 Å². The summed E-state index contributed by atoms with van der Waals surface area (Å²) in [5.41, 5.74) is 3.33. The second-order valence-corrected chi connectivity index (χ2v) is 14.4. The number of nitrogens with one attached hydrogen (secondary N) is 3. The average Bonchev–Trinajstić information content (AvgIpc) is 3.29. The van der Waals surface area contributed by atoms with Crippen molar-refractivity contribution < 1.29 is 26.4 Å². The largest absolute Gasteiger partial charge is 0.492 e. The molecule has 3 N–H and O–H groups in total. The molecule has 0 bridgehead atoms. The number of H-pyrrole nitrogens is 1. The zero-order valence-electron chi connectivity index (χ0n) is 22.6. The van der Waals surface area contributed by atoms with Gasteiger partial charge < -0.3 is 9.72 Å². The lowest BCUT2D eigenvalue weighted by atomic mass is 10.1. The number of amides is 1. The Morgan fingerprint density at radius 1 is 0.952 bits per heavy atom. The van der Waals surface area contributed by atoms with Gasteiger partial charge in [0.2, 0.25) is 20.0 Å². The van der Waals surface area contributed by atoms with Gasteiger partial charge in [0.05, 0.1) is 32.3 Å². The summed E-state index contributed by atoms with van der Waals surface area (Å²) in [5, 5.41) is 1.53. The number of carbonyl (C=O) groups is 1. The molecule has 1 aromatic heterocycles. The Kier molecular flexibility index (Phi) is 10.1. The van der Waals surface area contributed by atoms with E-state index in [0.29, 0.717) is 41.3 Å². The molecule has 0 atom stereocenters. The summed E-state index contributed by atoms with van der Waals surface area (Å²) in [7, 11) is -8.27. The van der Waals surface area contributed by atoms with Crippen LogP contribution in [-0.4, -0.2) is 46.6 Å². The van der Waals surface area contributed by atoms with Crippen LogP contribution < -0.4 is 14.2 Å². The SMILES string of the molecule is Cc1cc(C)c(Cl)c(OCCCc2c(C(=O)NS(=O)(=O)CCNS(=O)(=O)c3ccc(Cl)c(Cl)c3)[nH]c3ccccc23)c1. The molecule has 1 amide bonds. The maximum Gasteiger partial charge on any atom is 0.281 e. The molecule has 0 radical (unpaired) electrons. The van der Waals surface area contributed by atoms with Gasteiger partial charge in [0.15, 0.2) is 0 Å². The van der Waals surface area contributed by atoms with Gasteiger partial charge in [0, 0.05) is 17.4 Å². The molecule has 0 saturated heterocycles. The number of aromatic amines is 1. The predicted molar refractivity (Wildman–Crippen MR) is 166 cm³/mol. The number of aryl methyl sites for hydroxylation is 3. The highest BCUT2D eigenvalue weighted by Gasteiger charge is 2.23. The first kappa shape index (κ1) is 32.1. The Morgan fingerprint density at radius 2 is 1.69 bits per heavy atom. The number of benzene rings is 3. The van der Waals surface area contributed by atoms with Gasteiger partial charge in [-0.15, -0.1) is 0 Å². The first-order chi connectivity index (χ1) is 19.8. The fraction of sp³-hybridized carbons (Fsp3) is 0.250. The average molecular weight is 673 g/mol. The predicted octanol–water partition coefficient (Wildman–Crippen LogP) is 5.79. The monoisotopic (exact) mass is 671 g/mol. The van der Waals surface area contributed by atoms with Crippen molar-refractivity contribution in [1.29, 1.82) is 0 Å². The minimum Gasteiger partial charge on any atom is -0.492 e. The number of sulfonamides is 2. The number of ether oxygens (including phenoxy) is 1. The third kappa shape index (κ3) is 7.77. The van der Waals surface area contributed by atoms with Crippen molar-refractivity contribution in [3.05, 3.63) is 92.0 Å². The van der Waals surface area contributed by atoms with Crippen LogP contribution in [0.4, 0.5) is 0 Å². The third-order valence-corrected chi connectivity index (χ3v) is 10.3. The quantitative estimate of drug-likeness (QED) is 0.163. The second-order valence-electron chi connectivity index (χ2n) is 9.59. The highest BCUT2D eigenvalue weighted by molar-refractivity contribution is 7.90. The van der Waals surface area contributed by atoms with Crippen molar-refractivity contribution in [1.82, 2.24) is 14.4 Å². The molecule has 3 aromatic carbocycles. The first-order valence-electron chi connectivity index (χ1n) is 12.8. The summed E-state index contributed by atoms with van der Waals surface area (Å²) in [6, 6.07) is 14.8. The number of para-hydroxylation sites is 1. The number of carbonyl (C=O) groups excluding carboxylic acids is 1. The fourth-order valence-electron chi connectivity index (χ4n) is 4.38. The summed E-state index contributed by atoms with van der Waals surface area (Å²) in [6.45, 7) is 3.69. The molecular weight excluding hydrogens is 645 g/mol. The zero-order chi connectivity index (χ0) is 30.7.